The molecule has 0 bridgehead atoms. The van der Waals surface area contributed by atoms with Crippen LogP contribution in [0.5, 0.6) is 0 Å². The van der Waals surface area contributed by atoms with Gasteiger partial charge in [0.25, 0.3) is 0 Å². The van der Waals surface area contributed by atoms with Gasteiger partial charge in [-0.25, -0.2) is 4.39 Å². The molecule has 0 radical (unpaired) electrons. The average Bonchev–Trinajstić information content (AvgIpc) is 2.52. The van der Waals surface area contributed by atoms with Crippen molar-refractivity contribution in [3.05, 3.63) is 34.6 Å². The molecule has 0 spiro atoms. The second-order valence-electron chi connectivity index (χ2n) is 6.26. The van der Waals surface area contributed by atoms with Crippen LogP contribution in [0.15, 0.2) is 18.2 Å². The van der Waals surface area contributed by atoms with Crippen LogP contribution >= 0.6 is 11.6 Å². The summed E-state index contributed by atoms with van der Waals surface area (Å²) in [5.41, 5.74) is 0.746. The van der Waals surface area contributed by atoms with Crippen LogP contribution in [0.4, 0.5) is 4.39 Å². The Bertz CT molecular complexity index is 441. The minimum atomic E-state index is -0.245. The molecule has 3 heteroatoms. The van der Waals surface area contributed by atoms with Crippen LogP contribution in [0.2, 0.25) is 5.02 Å². The smallest absolute Gasteiger partial charge is 0.146 e. The van der Waals surface area contributed by atoms with Gasteiger partial charge in [0.05, 0.1) is 5.02 Å². The maximum Gasteiger partial charge on any atom is 0.146 e. The molecule has 118 valence electrons. The fourth-order valence-electron chi connectivity index (χ4n) is 3.52. The fourth-order valence-corrected chi connectivity index (χ4v) is 3.70. The zero-order valence-corrected chi connectivity index (χ0v) is 13.9. The van der Waals surface area contributed by atoms with Crippen molar-refractivity contribution >= 4 is 11.6 Å². The number of hydrogen-bond acceptors (Lipinski definition) is 1. The molecule has 0 amide bonds. The van der Waals surface area contributed by atoms with E-state index in [1.165, 1.54) is 32.1 Å². The van der Waals surface area contributed by atoms with Gasteiger partial charge < -0.3 is 5.32 Å². The monoisotopic (exact) mass is 311 g/mol. The van der Waals surface area contributed by atoms with Gasteiger partial charge in [-0.05, 0) is 43.7 Å². The van der Waals surface area contributed by atoms with Crippen LogP contribution < -0.4 is 5.32 Å². The van der Waals surface area contributed by atoms with E-state index in [-0.39, 0.29) is 16.9 Å². The van der Waals surface area contributed by atoms with E-state index in [1.807, 2.05) is 12.1 Å². The van der Waals surface area contributed by atoms with Gasteiger partial charge in [0, 0.05) is 11.6 Å². The Hall–Kier alpha value is -0.600. The first-order valence-electron chi connectivity index (χ1n) is 8.34. The lowest BCUT2D eigenvalue weighted by atomic mass is 9.76. The van der Waals surface area contributed by atoms with E-state index in [0.29, 0.717) is 5.92 Å². The van der Waals surface area contributed by atoms with Crippen molar-refractivity contribution in [2.75, 3.05) is 6.54 Å². The lowest BCUT2D eigenvalue weighted by Crippen LogP contribution is -2.32. The summed E-state index contributed by atoms with van der Waals surface area (Å²) in [6.07, 6.45) is 7.24. The molecule has 0 heterocycles. The van der Waals surface area contributed by atoms with Crippen molar-refractivity contribution in [1.29, 1.82) is 0 Å². The third-order valence-electron chi connectivity index (χ3n) is 4.87. The number of hydrogen-bond donors (Lipinski definition) is 1. The van der Waals surface area contributed by atoms with Crippen LogP contribution in [0, 0.1) is 17.7 Å². The van der Waals surface area contributed by atoms with Gasteiger partial charge in [-0.1, -0.05) is 56.8 Å². The van der Waals surface area contributed by atoms with Crippen LogP contribution in [-0.4, -0.2) is 6.54 Å². The van der Waals surface area contributed by atoms with Crippen molar-refractivity contribution in [3.63, 3.8) is 0 Å². The molecule has 1 saturated carbocycles. The van der Waals surface area contributed by atoms with E-state index in [4.69, 9.17) is 11.6 Å². The molecule has 21 heavy (non-hydrogen) atoms. The molecule has 1 nitrogen and oxygen atoms in total. The van der Waals surface area contributed by atoms with Gasteiger partial charge in [-0.15, -0.1) is 0 Å². The van der Waals surface area contributed by atoms with E-state index in [1.54, 1.807) is 6.07 Å². The SMILES string of the molecule is CCCNC(c1cccc(Cl)c1F)C1CCC(CC)CC1. The van der Waals surface area contributed by atoms with Gasteiger partial charge in [-0.2, -0.15) is 0 Å². The molecule has 1 aromatic rings. The number of halogens is 2. The predicted octanol–water partition coefficient (Wildman–Crippen LogP) is 5.74. The Balaban J connectivity index is 2.16. The summed E-state index contributed by atoms with van der Waals surface area (Å²) in [6, 6.07) is 5.48. The van der Waals surface area contributed by atoms with E-state index in [0.717, 1.165) is 24.4 Å². The lowest BCUT2D eigenvalue weighted by Gasteiger charge is -2.34. The minimum Gasteiger partial charge on any atom is -0.310 e. The third kappa shape index (κ3) is 4.20. The highest BCUT2D eigenvalue weighted by molar-refractivity contribution is 6.30. The van der Waals surface area contributed by atoms with Gasteiger partial charge in [-0.3, -0.25) is 0 Å². The fraction of sp³-hybridized carbons (Fsp3) is 0.667. The Morgan fingerprint density at radius 3 is 2.57 bits per heavy atom. The molecule has 0 aliphatic heterocycles. The zero-order chi connectivity index (χ0) is 15.2. The average molecular weight is 312 g/mol. The first-order chi connectivity index (χ1) is 10.2. The van der Waals surface area contributed by atoms with E-state index >= 15 is 0 Å². The van der Waals surface area contributed by atoms with Gasteiger partial charge in [0.1, 0.15) is 5.82 Å². The van der Waals surface area contributed by atoms with Crippen molar-refractivity contribution in [2.45, 2.75) is 58.4 Å². The highest BCUT2D eigenvalue weighted by Gasteiger charge is 2.29. The zero-order valence-electron chi connectivity index (χ0n) is 13.2. The Morgan fingerprint density at radius 1 is 1.24 bits per heavy atom. The van der Waals surface area contributed by atoms with Crippen molar-refractivity contribution in [2.24, 2.45) is 11.8 Å². The molecule has 1 unspecified atom stereocenters. The molecule has 1 aliphatic rings. The molecular formula is C18H27ClFN. The molecule has 2 rings (SSSR count). The Morgan fingerprint density at radius 2 is 1.95 bits per heavy atom. The van der Waals surface area contributed by atoms with Gasteiger partial charge >= 0.3 is 0 Å². The first-order valence-corrected chi connectivity index (χ1v) is 8.72. The van der Waals surface area contributed by atoms with E-state index in [9.17, 15) is 4.39 Å². The minimum absolute atomic E-state index is 0.0986. The largest absolute Gasteiger partial charge is 0.310 e. The summed E-state index contributed by atoms with van der Waals surface area (Å²) in [5.74, 6) is 1.13. The molecule has 0 aromatic heterocycles. The Kier molecular flexibility index (Phi) is 6.50. The van der Waals surface area contributed by atoms with Gasteiger partial charge in [0.15, 0.2) is 0 Å². The molecule has 1 atom stereocenters. The number of benzene rings is 1. The topological polar surface area (TPSA) is 12.0 Å². The second kappa shape index (κ2) is 8.14. The lowest BCUT2D eigenvalue weighted by molar-refractivity contribution is 0.216. The predicted molar refractivity (Wildman–Crippen MR) is 88.2 cm³/mol. The summed E-state index contributed by atoms with van der Waals surface area (Å²) >= 11 is 5.97. The molecule has 0 saturated heterocycles. The summed E-state index contributed by atoms with van der Waals surface area (Å²) < 4.78 is 14.4. The van der Waals surface area contributed by atoms with E-state index in [2.05, 4.69) is 19.2 Å². The molecule has 1 N–H and O–H groups in total. The maximum absolute atomic E-state index is 14.4. The van der Waals surface area contributed by atoms with E-state index < -0.39 is 0 Å². The Labute approximate surface area is 133 Å². The highest BCUT2D eigenvalue weighted by atomic mass is 35.5. The van der Waals surface area contributed by atoms with Crippen molar-refractivity contribution in [3.8, 4) is 0 Å². The second-order valence-corrected chi connectivity index (χ2v) is 6.67. The first kappa shape index (κ1) is 16.8. The molecule has 1 aliphatic carbocycles. The van der Waals surface area contributed by atoms with Gasteiger partial charge in [0.2, 0.25) is 0 Å². The van der Waals surface area contributed by atoms with Crippen LogP contribution in [0.3, 0.4) is 0 Å². The molecule has 1 fully saturated rings. The third-order valence-corrected chi connectivity index (χ3v) is 5.16. The standard InChI is InChI=1S/C18H27ClFN/c1-3-12-21-18(14-10-8-13(4-2)9-11-14)15-6-5-7-16(19)17(15)20/h5-7,13-14,18,21H,3-4,8-12H2,1-2H3. The van der Waals surface area contributed by atoms with Crippen LogP contribution in [0.1, 0.15) is 64.0 Å². The van der Waals surface area contributed by atoms with Crippen molar-refractivity contribution < 1.29 is 4.39 Å². The van der Waals surface area contributed by atoms with Crippen LogP contribution in [0.25, 0.3) is 0 Å². The number of rotatable bonds is 6. The summed E-state index contributed by atoms with van der Waals surface area (Å²) in [5, 5.41) is 3.79. The maximum atomic E-state index is 14.4. The highest BCUT2D eigenvalue weighted by Crippen LogP contribution is 2.39. The van der Waals surface area contributed by atoms with Crippen molar-refractivity contribution in [1.82, 2.24) is 5.32 Å². The quantitative estimate of drug-likeness (QED) is 0.706. The summed E-state index contributed by atoms with van der Waals surface area (Å²) in [7, 11) is 0. The van der Waals surface area contributed by atoms with Crippen LogP contribution in [-0.2, 0) is 0 Å². The molecular weight excluding hydrogens is 285 g/mol. The summed E-state index contributed by atoms with van der Waals surface area (Å²) in [6.45, 7) is 5.34. The molecule has 1 aromatic carbocycles. The normalized spacial score (nSPS) is 24.0. The summed E-state index contributed by atoms with van der Waals surface area (Å²) in [4.78, 5) is 0. The number of nitrogens with one attached hydrogen (secondary N) is 1.